The summed E-state index contributed by atoms with van der Waals surface area (Å²) < 4.78 is 0. The molecule has 3 heterocycles. The number of rotatable bonds is 4. The number of aromatic hydroxyl groups is 1. The number of nitrogens with one attached hydrogen (secondary N) is 2. The second kappa shape index (κ2) is 7.64. The van der Waals surface area contributed by atoms with Gasteiger partial charge in [-0.15, -0.1) is 0 Å². The number of H-pyrrole nitrogens is 1. The van der Waals surface area contributed by atoms with E-state index in [9.17, 15) is 5.11 Å². The van der Waals surface area contributed by atoms with Crippen molar-refractivity contribution in [2.45, 2.75) is 64.6 Å². The van der Waals surface area contributed by atoms with Crippen molar-refractivity contribution in [2.24, 2.45) is 0 Å². The monoisotopic (exact) mass is 420 g/mol. The molecule has 2 aromatic heterocycles. The van der Waals surface area contributed by atoms with Gasteiger partial charge >= 0.3 is 0 Å². The van der Waals surface area contributed by atoms with E-state index < -0.39 is 0 Å². The summed E-state index contributed by atoms with van der Waals surface area (Å²) in [7, 11) is 2.09. The van der Waals surface area contributed by atoms with Crippen LogP contribution in [0.4, 0.5) is 5.82 Å². The number of piperidine rings is 1. The zero-order chi connectivity index (χ0) is 22.4. The zero-order valence-corrected chi connectivity index (χ0v) is 19.2. The van der Waals surface area contributed by atoms with Crippen LogP contribution in [0.15, 0.2) is 36.8 Å². The Morgan fingerprint density at radius 2 is 1.71 bits per heavy atom. The lowest BCUT2D eigenvalue weighted by molar-refractivity contribution is 0.160. The maximum absolute atomic E-state index is 10.6. The Bertz CT molecular complexity index is 1050. The summed E-state index contributed by atoms with van der Waals surface area (Å²) in [5.41, 5.74) is 4.28. The first-order valence-electron chi connectivity index (χ1n) is 10.7. The van der Waals surface area contributed by atoms with Crippen LogP contribution in [0.5, 0.6) is 5.75 Å². The zero-order valence-electron chi connectivity index (χ0n) is 19.2. The molecule has 0 spiro atoms. The quantitative estimate of drug-likeness (QED) is 0.583. The predicted molar refractivity (Wildman–Crippen MR) is 124 cm³/mol. The molecule has 4 rings (SSSR count). The summed E-state index contributed by atoms with van der Waals surface area (Å²) in [6, 6.07) is 5.96. The Balaban J connectivity index is 1.55. The minimum absolute atomic E-state index is 0.0644. The van der Waals surface area contributed by atoms with Crippen molar-refractivity contribution in [3.63, 3.8) is 0 Å². The predicted octanol–water partition coefficient (Wildman–Crippen LogP) is 4.29. The van der Waals surface area contributed by atoms with Gasteiger partial charge in [-0.05, 0) is 65.2 Å². The number of hydrogen-bond acceptors (Lipinski definition) is 6. The Hall–Kier alpha value is -2.93. The minimum atomic E-state index is 0.0644. The first-order chi connectivity index (χ1) is 14.5. The van der Waals surface area contributed by atoms with Crippen LogP contribution in [0.25, 0.3) is 22.4 Å². The molecule has 1 fully saturated rings. The second-order valence-corrected chi connectivity index (χ2v) is 9.97. The van der Waals surface area contributed by atoms with E-state index in [1.807, 2.05) is 19.1 Å². The van der Waals surface area contributed by atoms with Gasteiger partial charge in [-0.25, -0.2) is 4.98 Å². The van der Waals surface area contributed by atoms with E-state index in [1.54, 1.807) is 24.7 Å². The van der Waals surface area contributed by atoms with Crippen molar-refractivity contribution in [1.82, 2.24) is 25.5 Å². The lowest BCUT2D eigenvalue weighted by Gasteiger charge is -2.49. The van der Waals surface area contributed by atoms with E-state index in [2.05, 4.69) is 65.1 Å². The van der Waals surface area contributed by atoms with Crippen LogP contribution < -0.4 is 10.2 Å². The standard InChI is InChI=1S/C24H32N6O/c1-15-19(12-27-28-15)16-7-8-18(21(31)9-16)20-13-26-22(14-25-20)30(6)17-10-23(2,3)29-24(4,5)11-17/h7-9,12-14,17,29,31H,10-11H2,1-6H3,(H,27,28). The third-order valence-electron chi connectivity index (χ3n) is 6.13. The second-order valence-electron chi connectivity index (χ2n) is 9.97. The van der Waals surface area contributed by atoms with Crippen LogP contribution in [0.3, 0.4) is 0 Å². The fourth-order valence-electron chi connectivity index (χ4n) is 4.93. The number of benzene rings is 1. The Morgan fingerprint density at radius 3 is 2.26 bits per heavy atom. The van der Waals surface area contributed by atoms with Crippen LogP contribution in [0, 0.1) is 6.92 Å². The number of aryl methyl sites for hydroxylation is 1. The number of aromatic amines is 1. The Morgan fingerprint density at radius 1 is 1.00 bits per heavy atom. The highest BCUT2D eigenvalue weighted by molar-refractivity contribution is 5.74. The van der Waals surface area contributed by atoms with E-state index in [-0.39, 0.29) is 16.8 Å². The fourth-order valence-corrected chi connectivity index (χ4v) is 4.93. The molecule has 3 aromatic rings. The average molecular weight is 421 g/mol. The van der Waals surface area contributed by atoms with E-state index in [4.69, 9.17) is 0 Å². The first-order valence-corrected chi connectivity index (χ1v) is 10.7. The van der Waals surface area contributed by atoms with E-state index in [0.29, 0.717) is 17.3 Å². The largest absolute Gasteiger partial charge is 0.507 e. The maximum Gasteiger partial charge on any atom is 0.147 e. The lowest BCUT2D eigenvalue weighted by atomic mass is 9.79. The van der Waals surface area contributed by atoms with Gasteiger partial charge in [-0.2, -0.15) is 5.10 Å². The van der Waals surface area contributed by atoms with Gasteiger partial charge in [0.25, 0.3) is 0 Å². The molecule has 3 N–H and O–H groups in total. The maximum atomic E-state index is 10.6. The molecule has 0 radical (unpaired) electrons. The molecule has 0 unspecified atom stereocenters. The van der Waals surface area contributed by atoms with E-state index in [1.165, 1.54) is 0 Å². The molecule has 0 saturated carbocycles. The highest BCUT2D eigenvalue weighted by Gasteiger charge is 2.39. The van der Waals surface area contributed by atoms with Crippen LogP contribution >= 0.6 is 0 Å². The normalized spacial score (nSPS) is 18.1. The molecule has 0 bridgehead atoms. The van der Waals surface area contributed by atoms with E-state index >= 15 is 0 Å². The van der Waals surface area contributed by atoms with Gasteiger partial charge in [-0.1, -0.05) is 6.07 Å². The lowest BCUT2D eigenvalue weighted by Crippen LogP contribution is -2.62. The molecule has 7 heteroatoms. The molecule has 0 amide bonds. The van der Waals surface area contributed by atoms with Crippen molar-refractivity contribution in [3.8, 4) is 28.1 Å². The highest BCUT2D eigenvalue weighted by Crippen LogP contribution is 2.35. The molecular weight excluding hydrogens is 388 g/mol. The first kappa shape index (κ1) is 21.3. The summed E-state index contributed by atoms with van der Waals surface area (Å²) >= 11 is 0. The van der Waals surface area contributed by atoms with Crippen LogP contribution in [-0.4, -0.2) is 49.4 Å². The van der Waals surface area contributed by atoms with Crippen LogP contribution in [0.1, 0.15) is 46.2 Å². The van der Waals surface area contributed by atoms with Gasteiger partial charge in [0, 0.05) is 41.0 Å². The van der Waals surface area contributed by atoms with Crippen LogP contribution in [-0.2, 0) is 0 Å². The third-order valence-corrected chi connectivity index (χ3v) is 6.13. The molecule has 1 aliphatic rings. The minimum Gasteiger partial charge on any atom is -0.507 e. The van der Waals surface area contributed by atoms with Crippen molar-refractivity contribution in [3.05, 3.63) is 42.5 Å². The molecule has 1 saturated heterocycles. The Kier molecular flexibility index (Phi) is 5.25. The van der Waals surface area contributed by atoms with Crippen molar-refractivity contribution >= 4 is 5.82 Å². The summed E-state index contributed by atoms with van der Waals surface area (Å²) in [6.07, 6.45) is 7.36. The van der Waals surface area contributed by atoms with Gasteiger partial charge in [-0.3, -0.25) is 10.1 Å². The summed E-state index contributed by atoms with van der Waals surface area (Å²) in [5.74, 6) is 1.02. The topological polar surface area (TPSA) is 90.0 Å². The van der Waals surface area contributed by atoms with Crippen molar-refractivity contribution in [2.75, 3.05) is 11.9 Å². The fraction of sp³-hybridized carbons (Fsp3) is 0.458. The molecule has 7 nitrogen and oxygen atoms in total. The molecule has 1 aromatic carbocycles. The van der Waals surface area contributed by atoms with Crippen molar-refractivity contribution in [1.29, 1.82) is 0 Å². The third kappa shape index (κ3) is 4.42. The molecule has 1 aliphatic heterocycles. The van der Waals surface area contributed by atoms with Gasteiger partial charge < -0.3 is 15.3 Å². The molecular formula is C24H32N6O. The summed E-state index contributed by atoms with van der Waals surface area (Å²) in [6.45, 7) is 11.0. The average Bonchev–Trinajstić information content (AvgIpc) is 3.11. The molecule has 164 valence electrons. The number of aromatic nitrogens is 4. The number of hydrogen-bond donors (Lipinski definition) is 3. The molecule has 31 heavy (non-hydrogen) atoms. The van der Waals surface area contributed by atoms with Crippen molar-refractivity contribution < 1.29 is 5.11 Å². The molecule has 0 aliphatic carbocycles. The smallest absolute Gasteiger partial charge is 0.147 e. The number of nitrogens with zero attached hydrogens (tertiary/aromatic N) is 4. The SMILES string of the molecule is Cc1[nH]ncc1-c1ccc(-c2cnc(N(C)C3CC(C)(C)NC(C)(C)C3)cn2)c(O)c1. The van der Waals surface area contributed by atoms with E-state index in [0.717, 1.165) is 35.5 Å². The number of phenols is 1. The van der Waals surface area contributed by atoms with Gasteiger partial charge in [0.15, 0.2) is 0 Å². The highest BCUT2D eigenvalue weighted by atomic mass is 16.3. The van der Waals surface area contributed by atoms with Gasteiger partial charge in [0.2, 0.25) is 0 Å². The number of anilines is 1. The van der Waals surface area contributed by atoms with Gasteiger partial charge in [0.05, 0.1) is 24.3 Å². The Labute approximate surface area is 183 Å². The molecule has 0 atom stereocenters. The summed E-state index contributed by atoms with van der Waals surface area (Å²) in [5, 5.41) is 21.3. The summed E-state index contributed by atoms with van der Waals surface area (Å²) in [4.78, 5) is 11.5. The van der Waals surface area contributed by atoms with Gasteiger partial charge in [0.1, 0.15) is 11.6 Å². The number of phenolic OH excluding ortho intramolecular Hbond substituents is 1. The van der Waals surface area contributed by atoms with Crippen LogP contribution in [0.2, 0.25) is 0 Å².